The Labute approximate surface area is 240 Å². The molecular weight excluding hydrogens is 516 g/mol. The highest BCUT2D eigenvalue weighted by Gasteiger charge is 2.37. The Morgan fingerprint density at radius 2 is 1.95 bits per heavy atom. The lowest BCUT2D eigenvalue weighted by molar-refractivity contribution is -0.142. The number of carbonyl (C=O) groups excluding carboxylic acids is 2. The molecule has 2 amide bonds. The Bertz CT molecular complexity index is 1560. The molecule has 1 unspecified atom stereocenters. The number of para-hydroxylation sites is 1. The molecule has 2 aliphatic heterocycles. The van der Waals surface area contributed by atoms with Crippen LogP contribution >= 0.6 is 0 Å². The van der Waals surface area contributed by atoms with E-state index in [-0.39, 0.29) is 18.2 Å². The van der Waals surface area contributed by atoms with Crippen LogP contribution in [0.3, 0.4) is 0 Å². The minimum Gasteiger partial charge on any atom is -0.494 e. The number of rotatable bonds is 9. The molecule has 0 radical (unpaired) electrons. The topological polar surface area (TPSA) is 97.4 Å². The normalized spacial score (nSPS) is 18.3. The Hall–Kier alpha value is -4.48. The van der Waals surface area contributed by atoms with E-state index in [4.69, 9.17) is 14.6 Å². The Morgan fingerprint density at radius 3 is 2.63 bits per heavy atom. The van der Waals surface area contributed by atoms with Gasteiger partial charge in [0.2, 0.25) is 0 Å². The second kappa shape index (κ2) is 12.4. The van der Waals surface area contributed by atoms with Crippen molar-refractivity contribution in [2.24, 2.45) is 0 Å². The summed E-state index contributed by atoms with van der Waals surface area (Å²) in [4.78, 5) is 28.0. The molecule has 3 aromatic rings. The van der Waals surface area contributed by atoms with Gasteiger partial charge in [-0.1, -0.05) is 31.5 Å². The minimum atomic E-state index is -0.572. The van der Waals surface area contributed by atoms with E-state index in [1.807, 2.05) is 67.7 Å². The number of nitrogens with zero attached hydrogens (tertiary/aromatic N) is 4. The molecule has 1 aromatic heterocycles. The van der Waals surface area contributed by atoms with E-state index in [1.165, 1.54) is 0 Å². The van der Waals surface area contributed by atoms with Crippen LogP contribution in [0.2, 0.25) is 0 Å². The number of aryl methyl sites for hydroxylation is 1. The summed E-state index contributed by atoms with van der Waals surface area (Å²) in [5.41, 5.74) is 4.75. The maximum Gasteiger partial charge on any atom is 0.271 e. The van der Waals surface area contributed by atoms with Crippen molar-refractivity contribution in [3.8, 4) is 28.8 Å². The Morgan fingerprint density at radius 1 is 1.15 bits per heavy atom. The van der Waals surface area contributed by atoms with Gasteiger partial charge in [0.15, 0.2) is 0 Å². The van der Waals surface area contributed by atoms with E-state index in [9.17, 15) is 14.9 Å². The number of carbonyl (C=O) groups is 2. The van der Waals surface area contributed by atoms with E-state index in [0.717, 1.165) is 53.1 Å². The highest BCUT2D eigenvalue weighted by molar-refractivity contribution is 6.19. The summed E-state index contributed by atoms with van der Waals surface area (Å²) < 4.78 is 13.4. The monoisotopic (exact) mass is 550 g/mol. The maximum absolute atomic E-state index is 13.8. The average Bonchev–Trinajstić information content (AvgIpc) is 3.65. The summed E-state index contributed by atoms with van der Waals surface area (Å²) in [6.45, 7) is 7.18. The van der Waals surface area contributed by atoms with Crippen LogP contribution in [-0.2, 0) is 14.3 Å². The van der Waals surface area contributed by atoms with E-state index in [2.05, 4.69) is 6.92 Å². The zero-order valence-electron chi connectivity index (χ0n) is 23.7. The van der Waals surface area contributed by atoms with Gasteiger partial charge in [-0.05, 0) is 80.7 Å². The third-order valence-electron chi connectivity index (χ3n) is 7.52. The number of aromatic nitrogens is 2. The number of unbranched alkanes of at least 4 members (excludes halogenated alkanes) is 1. The Balaban J connectivity index is 1.60. The van der Waals surface area contributed by atoms with E-state index in [0.29, 0.717) is 35.6 Å². The van der Waals surface area contributed by atoms with Gasteiger partial charge in [-0.25, -0.2) is 4.68 Å². The van der Waals surface area contributed by atoms with Crippen molar-refractivity contribution >= 4 is 17.9 Å². The second-order valence-corrected chi connectivity index (χ2v) is 10.4. The maximum atomic E-state index is 13.8. The fourth-order valence-electron chi connectivity index (χ4n) is 5.18. The van der Waals surface area contributed by atoms with Crippen molar-refractivity contribution in [2.75, 3.05) is 19.8 Å². The molecule has 0 saturated carbocycles. The summed E-state index contributed by atoms with van der Waals surface area (Å²) in [5, 5.41) is 14.8. The van der Waals surface area contributed by atoms with Gasteiger partial charge in [0.05, 0.1) is 24.9 Å². The van der Waals surface area contributed by atoms with Crippen molar-refractivity contribution in [3.05, 3.63) is 82.6 Å². The summed E-state index contributed by atoms with van der Waals surface area (Å²) in [6.07, 6.45) is 7.09. The van der Waals surface area contributed by atoms with Crippen LogP contribution in [-0.4, -0.2) is 52.4 Å². The predicted molar refractivity (Wildman–Crippen MR) is 156 cm³/mol. The first-order valence-electron chi connectivity index (χ1n) is 14.1. The summed E-state index contributed by atoms with van der Waals surface area (Å²) >= 11 is 0. The number of benzene rings is 2. The van der Waals surface area contributed by atoms with Crippen molar-refractivity contribution in [3.63, 3.8) is 0 Å². The van der Waals surface area contributed by atoms with Gasteiger partial charge in [0, 0.05) is 29.5 Å². The molecule has 0 bridgehead atoms. The van der Waals surface area contributed by atoms with Gasteiger partial charge in [-0.15, -0.1) is 0 Å². The molecule has 0 aliphatic carbocycles. The highest BCUT2D eigenvalue weighted by Crippen LogP contribution is 2.34. The molecule has 1 fully saturated rings. The molecule has 0 N–H and O–H groups in total. The third-order valence-corrected chi connectivity index (χ3v) is 7.52. The molecule has 8 nitrogen and oxygen atoms in total. The molecule has 3 heterocycles. The fraction of sp³-hybridized carbons (Fsp3) is 0.333. The molecule has 0 spiro atoms. The summed E-state index contributed by atoms with van der Waals surface area (Å²) in [5.74, 6) is -0.209. The van der Waals surface area contributed by atoms with Crippen LogP contribution in [0.15, 0.2) is 71.4 Å². The molecular formula is C33H34N4O4. The zero-order valence-corrected chi connectivity index (χ0v) is 23.7. The van der Waals surface area contributed by atoms with E-state index in [1.54, 1.807) is 17.7 Å². The van der Waals surface area contributed by atoms with Crippen molar-refractivity contribution in [1.82, 2.24) is 14.7 Å². The predicted octanol–water partition coefficient (Wildman–Crippen LogP) is 5.80. The lowest BCUT2D eigenvalue weighted by atomic mass is 9.92. The molecule has 8 heteroatoms. The van der Waals surface area contributed by atoms with E-state index < -0.39 is 11.8 Å². The van der Waals surface area contributed by atoms with Gasteiger partial charge >= 0.3 is 0 Å². The van der Waals surface area contributed by atoms with Crippen LogP contribution < -0.4 is 4.74 Å². The molecule has 1 atom stereocenters. The number of hydrogen-bond acceptors (Lipinski definition) is 6. The van der Waals surface area contributed by atoms with Crippen LogP contribution in [0.4, 0.5) is 0 Å². The molecule has 2 aliphatic rings. The first-order valence-corrected chi connectivity index (χ1v) is 14.1. The largest absolute Gasteiger partial charge is 0.494 e. The first-order chi connectivity index (χ1) is 19.9. The smallest absolute Gasteiger partial charge is 0.271 e. The van der Waals surface area contributed by atoms with Gasteiger partial charge in [-0.3, -0.25) is 14.5 Å². The lowest BCUT2D eigenvalue weighted by Gasteiger charge is -2.29. The van der Waals surface area contributed by atoms with Crippen LogP contribution in [0.5, 0.6) is 5.75 Å². The zero-order chi connectivity index (χ0) is 28.9. The third kappa shape index (κ3) is 5.86. The lowest BCUT2D eigenvalue weighted by Crippen LogP contribution is -2.46. The van der Waals surface area contributed by atoms with Crippen molar-refractivity contribution < 1.29 is 19.1 Å². The number of imide groups is 1. The van der Waals surface area contributed by atoms with E-state index >= 15 is 0 Å². The number of nitriles is 1. The molecule has 210 valence electrons. The van der Waals surface area contributed by atoms with Gasteiger partial charge in [0.1, 0.15) is 23.1 Å². The molecule has 41 heavy (non-hydrogen) atoms. The quantitative estimate of drug-likeness (QED) is 0.190. The minimum absolute atomic E-state index is 0.0318. The fourth-order valence-corrected chi connectivity index (χ4v) is 5.18. The number of hydrogen-bond donors (Lipinski definition) is 0. The van der Waals surface area contributed by atoms with Crippen LogP contribution in [0.25, 0.3) is 23.0 Å². The highest BCUT2D eigenvalue weighted by atomic mass is 16.5. The standard InChI is InChI=1S/C33H34N4O4/c1-4-5-15-40-26-13-14-28(22(2)17-26)31-24(20-37(35-31)25-10-7-6-8-11-25)18-29-23(3)30(19-34)33(39)36(32(29)38)21-27-12-9-16-41-27/h6-8,10-11,13-14,17-18,20,27H,4-5,9,12,15-16,21H2,1-3H3/b29-18+. The first kappa shape index (κ1) is 28.1. The van der Waals surface area contributed by atoms with Gasteiger partial charge in [-0.2, -0.15) is 10.4 Å². The number of amides is 2. The average molecular weight is 551 g/mol. The van der Waals surface area contributed by atoms with Gasteiger partial charge < -0.3 is 9.47 Å². The Kier molecular flexibility index (Phi) is 8.46. The summed E-state index contributed by atoms with van der Waals surface area (Å²) in [6, 6.07) is 17.7. The molecule has 5 rings (SSSR count). The van der Waals surface area contributed by atoms with Crippen molar-refractivity contribution in [2.45, 2.75) is 52.6 Å². The van der Waals surface area contributed by atoms with Crippen LogP contribution in [0, 0.1) is 18.3 Å². The summed E-state index contributed by atoms with van der Waals surface area (Å²) in [7, 11) is 0. The second-order valence-electron chi connectivity index (χ2n) is 10.4. The van der Waals surface area contributed by atoms with Crippen LogP contribution in [0.1, 0.15) is 50.7 Å². The van der Waals surface area contributed by atoms with Gasteiger partial charge in [0.25, 0.3) is 11.8 Å². The number of ether oxygens (including phenoxy) is 2. The molecule has 2 aromatic carbocycles. The molecule has 1 saturated heterocycles. The van der Waals surface area contributed by atoms with Crippen molar-refractivity contribution in [1.29, 1.82) is 5.26 Å². The SMILES string of the molecule is CCCCOc1ccc(-c2nn(-c3ccccc3)cc2/C=C2/C(=O)N(CC3CCCO3)C(=O)C(C#N)=C2C)c(C)c1.